The van der Waals surface area contributed by atoms with Gasteiger partial charge in [-0.15, -0.1) is 0 Å². The average molecular weight is 264 g/mol. The number of fused-ring (bicyclic) bond motifs is 1. The van der Waals surface area contributed by atoms with Gasteiger partial charge in [-0.1, -0.05) is 36.4 Å². The third-order valence-electron chi connectivity index (χ3n) is 2.91. The van der Waals surface area contributed by atoms with Crippen LogP contribution >= 0.6 is 0 Å². The molecule has 0 fully saturated rings. The van der Waals surface area contributed by atoms with Gasteiger partial charge in [-0.2, -0.15) is 0 Å². The zero-order chi connectivity index (χ0) is 13.8. The fourth-order valence-corrected chi connectivity index (χ4v) is 1.92. The molecule has 0 amide bonds. The third kappa shape index (κ3) is 2.44. The lowest BCUT2D eigenvalue weighted by molar-refractivity contribution is 0.0597. The summed E-state index contributed by atoms with van der Waals surface area (Å²) in [4.78, 5) is 21.2. The van der Waals surface area contributed by atoms with Crippen molar-refractivity contribution >= 4 is 22.6 Å². The summed E-state index contributed by atoms with van der Waals surface area (Å²) < 4.78 is 0. The molecule has 2 aromatic carbocycles. The van der Waals surface area contributed by atoms with Crippen molar-refractivity contribution in [2.24, 2.45) is 0 Å². The van der Waals surface area contributed by atoms with Gasteiger partial charge < -0.3 is 4.84 Å². The number of para-hydroxylation sites is 1. The van der Waals surface area contributed by atoms with Crippen molar-refractivity contribution < 1.29 is 9.63 Å². The molecule has 1 N–H and O–H groups in total. The van der Waals surface area contributed by atoms with E-state index in [1.807, 2.05) is 30.3 Å². The molecule has 4 heteroatoms. The Balaban J connectivity index is 1.79. The highest BCUT2D eigenvalue weighted by Crippen LogP contribution is 2.21. The third-order valence-corrected chi connectivity index (χ3v) is 2.91. The van der Waals surface area contributed by atoms with Gasteiger partial charge in [0.15, 0.2) is 0 Å². The first kappa shape index (κ1) is 12.2. The minimum atomic E-state index is -0.425. The van der Waals surface area contributed by atoms with Gasteiger partial charge in [0.05, 0.1) is 16.8 Å². The highest BCUT2D eigenvalue weighted by Gasteiger charge is 2.07. The predicted octanol–water partition coefficient (Wildman–Crippen LogP) is 3.42. The van der Waals surface area contributed by atoms with E-state index in [0.29, 0.717) is 11.3 Å². The average Bonchev–Trinajstić information content (AvgIpc) is 2.53. The number of hydrogen-bond acceptors (Lipinski definition) is 4. The van der Waals surface area contributed by atoms with Gasteiger partial charge in [0.2, 0.25) is 0 Å². The summed E-state index contributed by atoms with van der Waals surface area (Å²) in [6.07, 6.45) is 1.67. The SMILES string of the molecule is O=C(ONc1ccnc2ccccc12)c1ccccc1. The van der Waals surface area contributed by atoms with Crippen LogP contribution in [-0.2, 0) is 4.84 Å². The first-order valence-corrected chi connectivity index (χ1v) is 6.20. The summed E-state index contributed by atoms with van der Waals surface area (Å²) in [7, 11) is 0. The Morgan fingerprint density at radius 3 is 2.55 bits per heavy atom. The van der Waals surface area contributed by atoms with Gasteiger partial charge in [-0.3, -0.25) is 4.98 Å². The number of carbonyl (C=O) groups excluding carboxylic acids is 1. The Morgan fingerprint density at radius 1 is 0.950 bits per heavy atom. The molecule has 1 heterocycles. The van der Waals surface area contributed by atoms with Crippen LogP contribution in [0.4, 0.5) is 5.69 Å². The number of anilines is 1. The largest absolute Gasteiger partial charge is 0.362 e. The lowest BCUT2D eigenvalue weighted by Crippen LogP contribution is -2.10. The van der Waals surface area contributed by atoms with Crippen LogP contribution in [0.1, 0.15) is 10.4 Å². The van der Waals surface area contributed by atoms with E-state index < -0.39 is 5.97 Å². The molecule has 4 nitrogen and oxygen atoms in total. The standard InChI is InChI=1S/C16H12N2O2/c19-16(12-6-2-1-3-7-12)20-18-15-10-11-17-14-9-5-4-8-13(14)15/h1-11H,(H,17,18). The molecular weight excluding hydrogens is 252 g/mol. The number of aromatic nitrogens is 1. The predicted molar refractivity (Wildman–Crippen MR) is 77.2 cm³/mol. The highest BCUT2D eigenvalue weighted by molar-refractivity contribution is 5.93. The van der Waals surface area contributed by atoms with Crippen LogP contribution in [-0.4, -0.2) is 11.0 Å². The van der Waals surface area contributed by atoms with E-state index in [-0.39, 0.29) is 0 Å². The molecule has 0 atom stereocenters. The molecular formula is C16H12N2O2. The lowest BCUT2D eigenvalue weighted by atomic mass is 10.2. The molecule has 1 aromatic heterocycles. The van der Waals surface area contributed by atoms with Crippen molar-refractivity contribution in [1.29, 1.82) is 0 Å². The molecule has 0 radical (unpaired) electrons. The van der Waals surface area contributed by atoms with Gasteiger partial charge in [-0.05, 0) is 24.3 Å². The molecule has 0 bridgehead atoms. The topological polar surface area (TPSA) is 51.2 Å². The van der Waals surface area contributed by atoms with E-state index in [2.05, 4.69) is 10.5 Å². The first-order valence-electron chi connectivity index (χ1n) is 6.20. The molecule has 3 aromatic rings. The van der Waals surface area contributed by atoms with Crippen LogP contribution in [0, 0.1) is 0 Å². The maximum Gasteiger partial charge on any atom is 0.362 e. The monoisotopic (exact) mass is 264 g/mol. The number of pyridine rings is 1. The highest BCUT2D eigenvalue weighted by atomic mass is 16.7. The molecule has 0 saturated carbocycles. The van der Waals surface area contributed by atoms with E-state index in [1.54, 1.807) is 36.5 Å². The van der Waals surface area contributed by atoms with Gasteiger partial charge >= 0.3 is 5.97 Å². The maximum atomic E-state index is 11.9. The molecule has 98 valence electrons. The van der Waals surface area contributed by atoms with E-state index in [0.717, 1.165) is 10.9 Å². The number of hydrogen-bond donors (Lipinski definition) is 1. The summed E-state index contributed by atoms with van der Waals surface area (Å²) in [5.41, 5.74) is 4.74. The minimum absolute atomic E-state index is 0.425. The molecule has 0 saturated heterocycles. The normalized spacial score (nSPS) is 10.2. The molecule has 0 aliphatic rings. The minimum Gasteiger partial charge on any atom is -0.338 e. The van der Waals surface area contributed by atoms with Crippen molar-refractivity contribution in [2.45, 2.75) is 0 Å². The Kier molecular flexibility index (Phi) is 3.29. The van der Waals surface area contributed by atoms with Crippen LogP contribution in [0.25, 0.3) is 10.9 Å². The van der Waals surface area contributed by atoms with Crippen LogP contribution < -0.4 is 5.48 Å². The number of carbonyl (C=O) groups is 1. The first-order chi connectivity index (χ1) is 9.84. The van der Waals surface area contributed by atoms with E-state index in [1.165, 1.54) is 0 Å². The number of nitrogens with zero attached hydrogens (tertiary/aromatic N) is 1. The van der Waals surface area contributed by atoms with E-state index >= 15 is 0 Å². The zero-order valence-corrected chi connectivity index (χ0v) is 10.6. The van der Waals surface area contributed by atoms with Crippen molar-refractivity contribution in [2.75, 3.05) is 5.48 Å². The lowest BCUT2D eigenvalue weighted by Gasteiger charge is -2.09. The second-order valence-electron chi connectivity index (χ2n) is 4.23. The van der Waals surface area contributed by atoms with E-state index in [9.17, 15) is 4.79 Å². The molecule has 0 aliphatic heterocycles. The Morgan fingerprint density at radius 2 is 1.70 bits per heavy atom. The molecule has 0 spiro atoms. The fourth-order valence-electron chi connectivity index (χ4n) is 1.92. The molecule has 20 heavy (non-hydrogen) atoms. The second kappa shape index (κ2) is 5.40. The molecule has 0 aliphatic carbocycles. The fraction of sp³-hybridized carbons (Fsp3) is 0. The second-order valence-corrected chi connectivity index (χ2v) is 4.23. The Hall–Kier alpha value is -2.88. The quantitative estimate of drug-likeness (QED) is 0.736. The van der Waals surface area contributed by atoms with Gasteiger partial charge in [-0.25, -0.2) is 10.3 Å². The van der Waals surface area contributed by atoms with Gasteiger partial charge in [0, 0.05) is 11.6 Å². The van der Waals surface area contributed by atoms with Crippen LogP contribution in [0.2, 0.25) is 0 Å². The number of nitrogens with one attached hydrogen (secondary N) is 1. The van der Waals surface area contributed by atoms with Gasteiger partial charge in [0.1, 0.15) is 0 Å². The van der Waals surface area contributed by atoms with E-state index in [4.69, 9.17) is 4.84 Å². The van der Waals surface area contributed by atoms with Crippen molar-refractivity contribution in [3.63, 3.8) is 0 Å². The smallest absolute Gasteiger partial charge is 0.338 e. The van der Waals surface area contributed by atoms with Crippen LogP contribution in [0.3, 0.4) is 0 Å². The van der Waals surface area contributed by atoms with Crippen molar-refractivity contribution in [3.05, 3.63) is 72.4 Å². The summed E-state index contributed by atoms with van der Waals surface area (Å²) in [5, 5.41) is 0.899. The summed E-state index contributed by atoms with van der Waals surface area (Å²) in [6.45, 7) is 0. The summed E-state index contributed by atoms with van der Waals surface area (Å²) >= 11 is 0. The molecule has 3 rings (SSSR count). The summed E-state index contributed by atoms with van der Waals surface area (Å²) in [5.74, 6) is -0.425. The Labute approximate surface area is 116 Å². The zero-order valence-electron chi connectivity index (χ0n) is 10.6. The van der Waals surface area contributed by atoms with Crippen LogP contribution in [0.5, 0.6) is 0 Å². The maximum absolute atomic E-state index is 11.9. The van der Waals surface area contributed by atoms with Crippen LogP contribution in [0.15, 0.2) is 66.9 Å². The Bertz CT molecular complexity index is 736. The van der Waals surface area contributed by atoms with Gasteiger partial charge in [0.25, 0.3) is 0 Å². The number of rotatable bonds is 3. The van der Waals surface area contributed by atoms with Crippen molar-refractivity contribution in [3.8, 4) is 0 Å². The summed E-state index contributed by atoms with van der Waals surface area (Å²) in [6, 6.07) is 18.2. The molecule has 0 unspecified atom stereocenters. The number of benzene rings is 2. The van der Waals surface area contributed by atoms with Crippen molar-refractivity contribution in [1.82, 2.24) is 4.98 Å².